The zero-order valence-electron chi connectivity index (χ0n) is 12.6. The highest BCUT2D eigenvalue weighted by atomic mass is 32.1. The van der Waals surface area contributed by atoms with Crippen LogP contribution in [0.5, 0.6) is 0 Å². The van der Waals surface area contributed by atoms with Gasteiger partial charge in [0.05, 0.1) is 4.88 Å². The smallest absolute Gasteiger partial charge is 0.243 e. The van der Waals surface area contributed by atoms with E-state index in [1.165, 1.54) is 0 Å². The summed E-state index contributed by atoms with van der Waals surface area (Å²) < 4.78 is 2.22. The van der Waals surface area contributed by atoms with Gasteiger partial charge in [-0.25, -0.2) is 0 Å². The first-order valence-electron chi connectivity index (χ1n) is 6.93. The Bertz CT molecular complexity index is 657. The molecule has 0 aliphatic heterocycles. The Labute approximate surface area is 133 Å². The third-order valence-corrected chi connectivity index (χ3v) is 4.74. The molecule has 114 valence electrons. The lowest BCUT2D eigenvalue weighted by Gasteiger charge is -2.21. The highest BCUT2D eigenvalue weighted by Crippen LogP contribution is 2.25. The Hall–Kier alpha value is -1.47. The second kappa shape index (κ2) is 6.53. The molecule has 21 heavy (non-hydrogen) atoms. The molecule has 2 heterocycles. The van der Waals surface area contributed by atoms with E-state index in [4.69, 9.17) is 12.2 Å². The standard InChI is InChI=1S/C14H20N4OS2/c1-8(2)9(3)15-13(19)10(4)18-12(16-17-14(18)20)11-6-5-7-21-11/h5-10H,1-4H3,(H,15,19)(H,17,20). The first-order chi connectivity index (χ1) is 9.91. The molecule has 0 fully saturated rings. The number of carbonyl (C=O) groups excluding carboxylic acids is 1. The molecule has 2 rings (SSSR count). The lowest BCUT2D eigenvalue weighted by Crippen LogP contribution is -2.40. The number of hydrogen-bond donors (Lipinski definition) is 2. The number of carbonyl (C=O) groups is 1. The van der Waals surface area contributed by atoms with E-state index in [9.17, 15) is 4.79 Å². The van der Waals surface area contributed by atoms with Crippen LogP contribution in [0, 0.1) is 10.7 Å². The molecule has 0 saturated heterocycles. The van der Waals surface area contributed by atoms with Crippen LogP contribution in [-0.4, -0.2) is 26.7 Å². The Kier molecular flexibility index (Phi) is 4.95. The summed E-state index contributed by atoms with van der Waals surface area (Å²) >= 11 is 6.85. The second-order valence-electron chi connectivity index (χ2n) is 5.42. The number of amides is 1. The molecule has 0 aliphatic carbocycles. The maximum Gasteiger partial charge on any atom is 0.243 e. The fourth-order valence-electron chi connectivity index (χ4n) is 1.87. The Morgan fingerprint density at radius 1 is 1.43 bits per heavy atom. The Balaban J connectivity index is 2.28. The highest BCUT2D eigenvalue weighted by Gasteiger charge is 2.23. The van der Waals surface area contributed by atoms with Crippen molar-refractivity contribution < 1.29 is 4.79 Å². The fourth-order valence-corrected chi connectivity index (χ4v) is 2.87. The van der Waals surface area contributed by atoms with Gasteiger partial charge in [-0.15, -0.1) is 11.3 Å². The van der Waals surface area contributed by atoms with E-state index in [2.05, 4.69) is 29.4 Å². The summed E-state index contributed by atoms with van der Waals surface area (Å²) in [5.41, 5.74) is 0. The van der Waals surface area contributed by atoms with Crippen LogP contribution in [0.4, 0.5) is 0 Å². The average molecular weight is 324 g/mol. The molecule has 2 aromatic heterocycles. The van der Waals surface area contributed by atoms with E-state index in [0.29, 0.717) is 16.5 Å². The lowest BCUT2D eigenvalue weighted by atomic mass is 10.1. The topological polar surface area (TPSA) is 62.7 Å². The fraction of sp³-hybridized carbons (Fsp3) is 0.500. The van der Waals surface area contributed by atoms with E-state index in [-0.39, 0.29) is 11.9 Å². The number of aromatic nitrogens is 3. The van der Waals surface area contributed by atoms with Gasteiger partial charge in [0.1, 0.15) is 6.04 Å². The molecule has 2 N–H and O–H groups in total. The molecule has 2 aromatic rings. The molecule has 2 atom stereocenters. The van der Waals surface area contributed by atoms with Crippen LogP contribution < -0.4 is 5.32 Å². The van der Waals surface area contributed by atoms with Crippen LogP contribution in [0.15, 0.2) is 17.5 Å². The van der Waals surface area contributed by atoms with Gasteiger partial charge in [-0.1, -0.05) is 19.9 Å². The Morgan fingerprint density at radius 3 is 2.71 bits per heavy atom. The van der Waals surface area contributed by atoms with Crippen molar-refractivity contribution >= 4 is 29.5 Å². The molecule has 0 spiro atoms. The summed E-state index contributed by atoms with van der Waals surface area (Å²) in [7, 11) is 0. The molecule has 5 nitrogen and oxygen atoms in total. The molecule has 0 bridgehead atoms. The molecule has 0 aliphatic rings. The van der Waals surface area contributed by atoms with E-state index in [1.807, 2.05) is 31.4 Å². The summed E-state index contributed by atoms with van der Waals surface area (Å²) in [5, 5.41) is 12.0. The summed E-state index contributed by atoms with van der Waals surface area (Å²) in [6.45, 7) is 8.00. The normalized spacial score (nSPS) is 14.1. The maximum atomic E-state index is 12.4. The van der Waals surface area contributed by atoms with Gasteiger partial charge in [0.2, 0.25) is 5.91 Å². The summed E-state index contributed by atoms with van der Waals surface area (Å²) in [4.78, 5) is 13.4. The highest BCUT2D eigenvalue weighted by molar-refractivity contribution is 7.71. The quantitative estimate of drug-likeness (QED) is 0.829. The van der Waals surface area contributed by atoms with Gasteiger partial charge in [0.25, 0.3) is 0 Å². The molecular weight excluding hydrogens is 304 g/mol. The number of rotatable bonds is 5. The molecule has 0 saturated carbocycles. The van der Waals surface area contributed by atoms with E-state index < -0.39 is 6.04 Å². The predicted octanol–water partition coefficient (Wildman–Crippen LogP) is 3.39. The van der Waals surface area contributed by atoms with Gasteiger partial charge < -0.3 is 5.32 Å². The van der Waals surface area contributed by atoms with Gasteiger partial charge in [0, 0.05) is 6.04 Å². The zero-order valence-corrected chi connectivity index (χ0v) is 14.2. The number of aromatic amines is 1. The van der Waals surface area contributed by atoms with Crippen LogP contribution in [0.2, 0.25) is 0 Å². The van der Waals surface area contributed by atoms with E-state index in [0.717, 1.165) is 4.88 Å². The van der Waals surface area contributed by atoms with Gasteiger partial charge in [-0.2, -0.15) is 5.10 Å². The SMILES string of the molecule is CC(C)C(C)NC(=O)C(C)n1c(-c2cccs2)n[nH]c1=S. The number of thiophene rings is 1. The van der Waals surface area contributed by atoms with Gasteiger partial charge >= 0.3 is 0 Å². The van der Waals surface area contributed by atoms with Gasteiger partial charge in [-0.05, 0) is 43.4 Å². The molecule has 7 heteroatoms. The minimum Gasteiger partial charge on any atom is -0.352 e. The first-order valence-corrected chi connectivity index (χ1v) is 8.21. The lowest BCUT2D eigenvalue weighted by molar-refractivity contribution is -0.124. The first kappa shape index (κ1) is 15.9. The van der Waals surface area contributed by atoms with Crippen LogP contribution in [0.1, 0.15) is 33.7 Å². The third-order valence-electron chi connectivity index (χ3n) is 3.58. The maximum absolute atomic E-state index is 12.4. The van der Waals surface area contributed by atoms with Crippen molar-refractivity contribution in [3.05, 3.63) is 22.3 Å². The van der Waals surface area contributed by atoms with Crippen LogP contribution in [0.3, 0.4) is 0 Å². The van der Waals surface area contributed by atoms with E-state index >= 15 is 0 Å². The summed E-state index contributed by atoms with van der Waals surface area (Å²) in [6, 6.07) is 3.63. The molecule has 0 aromatic carbocycles. The molecular formula is C14H20N4OS2. The number of nitrogens with zero attached hydrogens (tertiary/aromatic N) is 2. The largest absolute Gasteiger partial charge is 0.352 e. The zero-order chi connectivity index (χ0) is 15.6. The van der Waals surface area contributed by atoms with Crippen molar-refractivity contribution in [2.75, 3.05) is 0 Å². The van der Waals surface area contributed by atoms with Crippen molar-refractivity contribution in [2.24, 2.45) is 5.92 Å². The minimum absolute atomic E-state index is 0.0495. The number of H-pyrrole nitrogens is 1. The average Bonchev–Trinajstić information content (AvgIpc) is 3.06. The Morgan fingerprint density at radius 2 is 2.14 bits per heavy atom. The molecule has 0 radical (unpaired) electrons. The van der Waals surface area contributed by atoms with Crippen molar-refractivity contribution in [3.63, 3.8) is 0 Å². The monoisotopic (exact) mass is 324 g/mol. The van der Waals surface area contributed by atoms with Crippen molar-refractivity contribution in [1.29, 1.82) is 0 Å². The number of hydrogen-bond acceptors (Lipinski definition) is 4. The molecule has 1 amide bonds. The molecule has 2 unspecified atom stereocenters. The van der Waals surface area contributed by atoms with Gasteiger partial charge in [-0.3, -0.25) is 14.5 Å². The van der Waals surface area contributed by atoms with E-state index in [1.54, 1.807) is 15.9 Å². The van der Waals surface area contributed by atoms with Crippen molar-refractivity contribution in [1.82, 2.24) is 20.1 Å². The predicted molar refractivity (Wildman–Crippen MR) is 87.9 cm³/mol. The summed E-state index contributed by atoms with van der Waals surface area (Å²) in [6.07, 6.45) is 0. The third kappa shape index (κ3) is 3.41. The number of nitrogens with one attached hydrogen (secondary N) is 2. The van der Waals surface area contributed by atoms with Gasteiger partial charge in [0.15, 0.2) is 10.6 Å². The summed E-state index contributed by atoms with van der Waals surface area (Å²) in [5.74, 6) is 1.04. The van der Waals surface area contributed by atoms with Crippen LogP contribution >= 0.6 is 23.6 Å². The second-order valence-corrected chi connectivity index (χ2v) is 6.75. The van der Waals surface area contributed by atoms with Crippen molar-refractivity contribution in [2.45, 2.75) is 39.8 Å². The van der Waals surface area contributed by atoms with Crippen molar-refractivity contribution in [3.8, 4) is 10.7 Å². The minimum atomic E-state index is -0.408. The van der Waals surface area contributed by atoms with Crippen LogP contribution in [-0.2, 0) is 4.79 Å². The van der Waals surface area contributed by atoms with Crippen LogP contribution in [0.25, 0.3) is 10.7 Å².